The fourth-order valence-corrected chi connectivity index (χ4v) is 2.46. The van der Waals surface area contributed by atoms with Gasteiger partial charge in [-0.2, -0.15) is 0 Å². The highest BCUT2D eigenvalue weighted by molar-refractivity contribution is 6.42. The largest absolute Gasteiger partial charge is 0.338 e. The van der Waals surface area contributed by atoms with E-state index in [2.05, 4.69) is 35.9 Å². The number of hydrogen-bond acceptors (Lipinski definition) is 1. The summed E-state index contributed by atoms with van der Waals surface area (Å²) < 4.78 is 0. The van der Waals surface area contributed by atoms with Gasteiger partial charge in [0.15, 0.2) is 0 Å². The minimum Gasteiger partial charge on any atom is -0.338 e. The molecule has 0 aliphatic carbocycles. The highest BCUT2D eigenvalue weighted by Crippen LogP contribution is 2.30. The molecule has 2 nitrogen and oxygen atoms in total. The highest BCUT2D eigenvalue weighted by atomic mass is 35.5. The number of aryl methyl sites for hydroxylation is 1. The third-order valence-corrected chi connectivity index (χ3v) is 4.11. The molecule has 19 heavy (non-hydrogen) atoms. The van der Waals surface area contributed by atoms with Gasteiger partial charge < -0.3 is 4.98 Å². The smallest absolute Gasteiger partial charge is 0.138 e. The molecule has 0 bridgehead atoms. The summed E-state index contributed by atoms with van der Waals surface area (Å²) >= 11 is 12.0. The average molecular weight is 291 g/mol. The number of hydrogen-bond donors (Lipinski definition) is 1. The van der Waals surface area contributed by atoms with Gasteiger partial charge in [-0.25, -0.2) is 4.98 Å². The molecule has 0 fully saturated rings. The van der Waals surface area contributed by atoms with Crippen molar-refractivity contribution in [1.82, 2.24) is 9.97 Å². The van der Waals surface area contributed by atoms with E-state index in [1.807, 2.05) is 6.07 Å². The van der Waals surface area contributed by atoms with Crippen molar-refractivity contribution < 1.29 is 0 Å². The van der Waals surface area contributed by atoms with E-state index in [1.54, 1.807) is 12.1 Å². The van der Waals surface area contributed by atoms with Crippen LogP contribution in [0, 0.1) is 13.8 Å². The van der Waals surface area contributed by atoms with Crippen molar-refractivity contribution in [3.8, 4) is 11.4 Å². The average Bonchev–Trinajstić information content (AvgIpc) is 2.76. The molecule has 1 heterocycles. The Kier molecular flexibility index (Phi) is 3.00. The summed E-state index contributed by atoms with van der Waals surface area (Å²) in [6.07, 6.45) is 0. The molecule has 1 aromatic heterocycles. The first kappa shape index (κ1) is 12.5. The first-order chi connectivity index (χ1) is 9.06. The van der Waals surface area contributed by atoms with Gasteiger partial charge in [-0.15, -0.1) is 0 Å². The third-order valence-electron chi connectivity index (χ3n) is 3.38. The molecule has 0 aliphatic rings. The molecule has 96 valence electrons. The predicted octanol–water partition coefficient (Wildman–Crippen LogP) is 5.15. The molecule has 4 heteroatoms. The topological polar surface area (TPSA) is 28.7 Å². The summed E-state index contributed by atoms with van der Waals surface area (Å²) in [5.74, 6) is 0.842. The van der Waals surface area contributed by atoms with Gasteiger partial charge in [0.05, 0.1) is 21.1 Å². The molecule has 1 N–H and O–H groups in total. The second kappa shape index (κ2) is 4.55. The van der Waals surface area contributed by atoms with Gasteiger partial charge in [0.2, 0.25) is 0 Å². The van der Waals surface area contributed by atoms with E-state index in [9.17, 15) is 0 Å². The zero-order valence-electron chi connectivity index (χ0n) is 10.6. The molecule has 0 atom stereocenters. The summed E-state index contributed by atoms with van der Waals surface area (Å²) in [4.78, 5) is 7.88. The van der Waals surface area contributed by atoms with Crippen LogP contribution in [0.1, 0.15) is 11.1 Å². The maximum atomic E-state index is 6.02. The van der Waals surface area contributed by atoms with Crippen LogP contribution in [0.3, 0.4) is 0 Å². The molecule has 0 unspecified atom stereocenters. The van der Waals surface area contributed by atoms with Gasteiger partial charge in [0.25, 0.3) is 0 Å². The van der Waals surface area contributed by atoms with Crippen molar-refractivity contribution in [2.45, 2.75) is 13.8 Å². The Morgan fingerprint density at radius 2 is 1.79 bits per heavy atom. The van der Waals surface area contributed by atoms with Gasteiger partial charge >= 0.3 is 0 Å². The molecule has 0 amide bonds. The number of halogens is 2. The minimum atomic E-state index is 0.521. The van der Waals surface area contributed by atoms with Crippen molar-refractivity contribution in [1.29, 1.82) is 0 Å². The second-order valence-electron chi connectivity index (χ2n) is 4.62. The van der Waals surface area contributed by atoms with Gasteiger partial charge in [0, 0.05) is 5.56 Å². The number of H-pyrrole nitrogens is 1. The number of aromatic nitrogens is 2. The maximum absolute atomic E-state index is 6.02. The number of nitrogens with one attached hydrogen (secondary N) is 1. The zero-order valence-corrected chi connectivity index (χ0v) is 12.1. The molecule has 3 rings (SSSR count). The Morgan fingerprint density at radius 3 is 2.58 bits per heavy atom. The van der Waals surface area contributed by atoms with Crippen LogP contribution >= 0.6 is 23.2 Å². The summed E-state index contributed by atoms with van der Waals surface area (Å²) in [7, 11) is 0. The normalized spacial score (nSPS) is 11.2. The molecule has 2 aromatic carbocycles. The van der Waals surface area contributed by atoms with Crippen molar-refractivity contribution in [3.63, 3.8) is 0 Å². The van der Waals surface area contributed by atoms with E-state index in [4.69, 9.17) is 23.2 Å². The van der Waals surface area contributed by atoms with Gasteiger partial charge in [-0.3, -0.25) is 0 Å². The van der Waals surface area contributed by atoms with Crippen molar-refractivity contribution in [3.05, 3.63) is 51.5 Å². The monoisotopic (exact) mass is 290 g/mol. The van der Waals surface area contributed by atoms with Crippen LogP contribution in [-0.2, 0) is 0 Å². The summed E-state index contributed by atoms with van der Waals surface area (Å²) in [5.41, 5.74) is 5.28. The minimum absolute atomic E-state index is 0.521. The Bertz CT molecular complexity index is 736. The standard InChI is InChI=1S/C15H12Cl2N2/c1-8-4-3-5-10(9(8)2)15-18-13-6-11(16)12(17)7-14(13)19-15/h3-7H,1-2H3,(H,18,19). The third kappa shape index (κ3) is 2.11. The van der Waals surface area contributed by atoms with Crippen LogP contribution < -0.4 is 0 Å². The summed E-state index contributed by atoms with van der Waals surface area (Å²) in [6.45, 7) is 4.19. The lowest BCUT2D eigenvalue weighted by atomic mass is 10.0. The van der Waals surface area contributed by atoms with Gasteiger partial charge in [-0.1, -0.05) is 41.4 Å². The molecule has 0 aliphatic heterocycles. The number of benzene rings is 2. The number of aromatic amines is 1. The zero-order chi connectivity index (χ0) is 13.6. The lowest BCUT2D eigenvalue weighted by molar-refractivity contribution is 1.27. The first-order valence-corrected chi connectivity index (χ1v) is 6.73. The molecule has 0 saturated heterocycles. The lowest BCUT2D eigenvalue weighted by Crippen LogP contribution is -1.88. The SMILES string of the molecule is Cc1cccc(-c2nc3cc(Cl)c(Cl)cc3[nH]2)c1C. The van der Waals surface area contributed by atoms with E-state index < -0.39 is 0 Å². The van der Waals surface area contributed by atoms with E-state index >= 15 is 0 Å². The molecule has 3 aromatic rings. The van der Waals surface area contributed by atoms with Crippen LogP contribution in [-0.4, -0.2) is 9.97 Å². The molecular formula is C15H12Cl2N2. The van der Waals surface area contributed by atoms with Crippen molar-refractivity contribution in [2.75, 3.05) is 0 Å². The number of imidazole rings is 1. The number of rotatable bonds is 1. The van der Waals surface area contributed by atoms with Crippen LogP contribution in [0.5, 0.6) is 0 Å². The summed E-state index contributed by atoms with van der Waals surface area (Å²) in [6, 6.07) is 9.77. The van der Waals surface area contributed by atoms with Crippen LogP contribution in [0.4, 0.5) is 0 Å². The first-order valence-electron chi connectivity index (χ1n) is 5.97. The number of nitrogens with zero attached hydrogens (tertiary/aromatic N) is 1. The maximum Gasteiger partial charge on any atom is 0.138 e. The number of fused-ring (bicyclic) bond motifs is 1. The quantitative estimate of drug-likeness (QED) is 0.659. The second-order valence-corrected chi connectivity index (χ2v) is 5.43. The van der Waals surface area contributed by atoms with Gasteiger partial charge in [-0.05, 0) is 37.1 Å². The fraction of sp³-hybridized carbons (Fsp3) is 0.133. The molecule has 0 radical (unpaired) electrons. The Hall–Kier alpha value is -1.51. The van der Waals surface area contributed by atoms with Crippen molar-refractivity contribution in [2.24, 2.45) is 0 Å². The Balaban J connectivity index is 2.23. The summed E-state index contributed by atoms with van der Waals surface area (Å²) in [5, 5.41) is 1.05. The Morgan fingerprint density at radius 1 is 1.05 bits per heavy atom. The van der Waals surface area contributed by atoms with Crippen LogP contribution in [0.25, 0.3) is 22.4 Å². The van der Waals surface area contributed by atoms with Crippen LogP contribution in [0.15, 0.2) is 30.3 Å². The lowest BCUT2D eigenvalue weighted by Gasteiger charge is -2.04. The van der Waals surface area contributed by atoms with Gasteiger partial charge in [0.1, 0.15) is 5.82 Å². The highest BCUT2D eigenvalue weighted by Gasteiger charge is 2.10. The van der Waals surface area contributed by atoms with E-state index in [-0.39, 0.29) is 0 Å². The van der Waals surface area contributed by atoms with E-state index in [0.717, 1.165) is 22.4 Å². The molecule has 0 saturated carbocycles. The Labute approximate surface area is 121 Å². The van der Waals surface area contributed by atoms with Crippen molar-refractivity contribution >= 4 is 34.2 Å². The van der Waals surface area contributed by atoms with E-state index in [0.29, 0.717) is 10.0 Å². The van der Waals surface area contributed by atoms with Crippen LogP contribution in [0.2, 0.25) is 10.0 Å². The fourth-order valence-electron chi connectivity index (χ4n) is 2.14. The molecule has 0 spiro atoms. The van der Waals surface area contributed by atoms with E-state index in [1.165, 1.54) is 11.1 Å². The molecular weight excluding hydrogens is 279 g/mol. The predicted molar refractivity (Wildman–Crippen MR) is 81.0 cm³/mol.